The van der Waals surface area contributed by atoms with Crippen molar-refractivity contribution in [1.82, 2.24) is 25.5 Å². The number of esters is 1. The van der Waals surface area contributed by atoms with Crippen LogP contribution in [0.1, 0.15) is 31.7 Å². The van der Waals surface area contributed by atoms with Crippen LogP contribution < -0.4 is 5.32 Å². The Morgan fingerprint density at radius 1 is 1.32 bits per heavy atom. The lowest BCUT2D eigenvalue weighted by Gasteiger charge is -2.12. The Bertz CT molecular complexity index is 755. The maximum Gasteiger partial charge on any atom is 0.357 e. The first-order valence-electron chi connectivity index (χ1n) is 7.99. The van der Waals surface area contributed by atoms with Crippen molar-refractivity contribution < 1.29 is 14.3 Å². The summed E-state index contributed by atoms with van der Waals surface area (Å²) in [6.45, 7) is 5.14. The Kier molecular flexibility index (Phi) is 6.39. The van der Waals surface area contributed by atoms with E-state index >= 15 is 0 Å². The molecule has 8 nitrogen and oxygen atoms in total. The standard InChI is InChI=1S/C17H21N5O3/c1-4-12(2)18-16(23)11-25-17(24)15(22-13(3)19-20-21-22)10-14-8-6-5-7-9-14/h5-10,12H,4,11H2,1-3H3,(H,18,23)/b15-10-/t12-/m1/s1. The van der Waals surface area contributed by atoms with Gasteiger partial charge in [-0.2, -0.15) is 4.68 Å². The van der Waals surface area contributed by atoms with Crippen LogP contribution in [0.3, 0.4) is 0 Å². The topological polar surface area (TPSA) is 99.0 Å². The van der Waals surface area contributed by atoms with Crippen molar-refractivity contribution in [2.45, 2.75) is 33.2 Å². The average molecular weight is 343 g/mol. The van der Waals surface area contributed by atoms with Gasteiger partial charge < -0.3 is 10.1 Å². The van der Waals surface area contributed by atoms with Gasteiger partial charge in [0.05, 0.1) is 0 Å². The number of rotatable bonds is 7. The second-order valence-electron chi connectivity index (χ2n) is 5.53. The maximum absolute atomic E-state index is 12.5. The summed E-state index contributed by atoms with van der Waals surface area (Å²) < 4.78 is 6.41. The molecule has 25 heavy (non-hydrogen) atoms. The van der Waals surface area contributed by atoms with E-state index in [9.17, 15) is 9.59 Å². The van der Waals surface area contributed by atoms with Crippen LogP contribution in [0.2, 0.25) is 0 Å². The lowest BCUT2D eigenvalue weighted by Crippen LogP contribution is -2.35. The third-order valence-corrected chi connectivity index (χ3v) is 3.52. The zero-order chi connectivity index (χ0) is 18.2. The van der Waals surface area contributed by atoms with Crippen LogP contribution in [0.4, 0.5) is 0 Å². The van der Waals surface area contributed by atoms with Gasteiger partial charge in [0.15, 0.2) is 18.1 Å². The van der Waals surface area contributed by atoms with Crippen molar-refractivity contribution in [2.24, 2.45) is 0 Å². The minimum absolute atomic E-state index is 0.0206. The molecule has 0 saturated carbocycles. The molecule has 2 rings (SSSR count). The third kappa shape index (κ3) is 5.23. The van der Waals surface area contributed by atoms with E-state index in [-0.39, 0.29) is 24.3 Å². The first-order chi connectivity index (χ1) is 12.0. The summed E-state index contributed by atoms with van der Waals surface area (Å²) in [7, 11) is 0. The molecular formula is C17H21N5O3. The predicted molar refractivity (Wildman–Crippen MR) is 92.0 cm³/mol. The Hall–Kier alpha value is -3.03. The number of carbonyl (C=O) groups excluding carboxylic acids is 2. The van der Waals surface area contributed by atoms with Gasteiger partial charge >= 0.3 is 5.97 Å². The van der Waals surface area contributed by atoms with Crippen LogP contribution in [-0.4, -0.2) is 44.7 Å². The number of nitrogens with zero attached hydrogens (tertiary/aromatic N) is 4. The normalized spacial score (nSPS) is 12.5. The minimum Gasteiger partial charge on any atom is -0.451 e. The molecule has 0 aliphatic carbocycles. The third-order valence-electron chi connectivity index (χ3n) is 3.52. The summed E-state index contributed by atoms with van der Waals surface area (Å²) in [5, 5.41) is 13.9. The van der Waals surface area contributed by atoms with Crippen LogP contribution in [0.25, 0.3) is 11.8 Å². The van der Waals surface area contributed by atoms with Gasteiger partial charge in [-0.25, -0.2) is 4.79 Å². The fourth-order valence-corrected chi connectivity index (χ4v) is 1.99. The molecule has 0 aliphatic heterocycles. The zero-order valence-electron chi connectivity index (χ0n) is 14.5. The van der Waals surface area contributed by atoms with Crippen LogP contribution >= 0.6 is 0 Å². The average Bonchev–Trinajstić information content (AvgIpc) is 3.04. The van der Waals surface area contributed by atoms with Gasteiger partial charge in [0.25, 0.3) is 5.91 Å². The highest BCUT2D eigenvalue weighted by Gasteiger charge is 2.19. The highest BCUT2D eigenvalue weighted by Crippen LogP contribution is 2.13. The molecule has 1 N–H and O–H groups in total. The van der Waals surface area contributed by atoms with Gasteiger partial charge in [-0.3, -0.25) is 4.79 Å². The van der Waals surface area contributed by atoms with Crippen LogP contribution in [0.15, 0.2) is 30.3 Å². The molecule has 0 unspecified atom stereocenters. The number of carbonyl (C=O) groups is 2. The van der Waals surface area contributed by atoms with Gasteiger partial charge in [-0.1, -0.05) is 37.3 Å². The smallest absolute Gasteiger partial charge is 0.357 e. The number of ether oxygens (including phenoxy) is 1. The second-order valence-corrected chi connectivity index (χ2v) is 5.53. The molecule has 132 valence electrons. The van der Waals surface area contributed by atoms with E-state index in [1.54, 1.807) is 13.0 Å². The molecule has 0 bridgehead atoms. The van der Waals surface area contributed by atoms with Gasteiger partial charge in [0, 0.05) is 6.04 Å². The van der Waals surface area contributed by atoms with Gasteiger partial charge in [0.2, 0.25) is 0 Å². The number of benzene rings is 1. The van der Waals surface area contributed by atoms with Crippen molar-refractivity contribution in [3.63, 3.8) is 0 Å². The van der Waals surface area contributed by atoms with E-state index in [0.29, 0.717) is 5.82 Å². The lowest BCUT2D eigenvalue weighted by atomic mass is 10.2. The number of hydrogen-bond acceptors (Lipinski definition) is 6. The van der Waals surface area contributed by atoms with Crippen molar-refractivity contribution in [1.29, 1.82) is 0 Å². The fourth-order valence-electron chi connectivity index (χ4n) is 1.99. The number of tetrazole rings is 1. The Morgan fingerprint density at radius 2 is 2.04 bits per heavy atom. The fraction of sp³-hybridized carbons (Fsp3) is 0.353. The maximum atomic E-state index is 12.5. The van der Waals surface area contributed by atoms with Crippen LogP contribution in [0, 0.1) is 6.92 Å². The van der Waals surface area contributed by atoms with Crippen LogP contribution in [-0.2, 0) is 14.3 Å². The van der Waals surface area contributed by atoms with E-state index in [2.05, 4.69) is 20.8 Å². The summed E-state index contributed by atoms with van der Waals surface area (Å²) >= 11 is 0. The first-order valence-corrected chi connectivity index (χ1v) is 7.99. The quantitative estimate of drug-likeness (QED) is 0.603. The number of aryl methyl sites for hydroxylation is 1. The molecule has 8 heteroatoms. The summed E-state index contributed by atoms with van der Waals surface area (Å²) in [4.78, 5) is 24.3. The summed E-state index contributed by atoms with van der Waals surface area (Å²) in [6.07, 6.45) is 2.40. The Morgan fingerprint density at radius 3 is 2.64 bits per heavy atom. The molecule has 2 aromatic rings. The van der Waals surface area contributed by atoms with Crippen molar-refractivity contribution in [2.75, 3.05) is 6.61 Å². The van der Waals surface area contributed by atoms with Crippen molar-refractivity contribution in [3.05, 3.63) is 41.7 Å². The predicted octanol–water partition coefficient (Wildman–Crippen LogP) is 1.44. The largest absolute Gasteiger partial charge is 0.451 e. The van der Waals surface area contributed by atoms with Crippen molar-refractivity contribution >= 4 is 23.6 Å². The highest BCUT2D eigenvalue weighted by molar-refractivity contribution is 6.15. The molecular weight excluding hydrogens is 322 g/mol. The molecule has 1 atom stereocenters. The zero-order valence-corrected chi connectivity index (χ0v) is 14.5. The first kappa shape index (κ1) is 18.3. The molecule has 1 aromatic heterocycles. The lowest BCUT2D eigenvalue weighted by molar-refractivity contribution is -0.143. The molecule has 1 aromatic carbocycles. The van der Waals surface area contributed by atoms with E-state index < -0.39 is 5.97 Å². The van der Waals surface area contributed by atoms with E-state index in [1.807, 2.05) is 44.2 Å². The number of hydrogen-bond donors (Lipinski definition) is 1. The summed E-state index contributed by atoms with van der Waals surface area (Å²) in [5.41, 5.74) is 0.915. The Balaban J connectivity index is 2.16. The van der Waals surface area contributed by atoms with Crippen LogP contribution in [0.5, 0.6) is 0 Å². The van der Waals surface area contributed by atoms with E-state index in [4.69, 9.17) is 4.74 Å². The van der Waals surface area contributed by atoms with E-state index in [1.165, 1.54) is 4.68 Å². The molecule has 1 heterocycles. The molecule has 0 spiro atoms. The molecule has 0 fully saturated rings. The SMILES string of the molecule is CC[C@@H](C)NC(=O)COC(=O)/C(=C/c1ccccc1)n1nnnc1C. The summed E-state index contributed by atoms with van der Waals surface area (Å²) in [6, 6.07) is 9.26. The van der Waals surface area contributed by atoms with E-state index in [0.717, 1.165) is 12.0 Å². The number of nitrogens with one attached hydrogen (secondary N) is 1. The molecule has 0 saturated heterocycles. The van der Waals surface area contributed by atoms with Gasteiger partial charge in [-0.05, 0) is 42.3 Å². The monoisotopic (exact) mass is 343 g/mol. The second kappa shape index (κ2) is 8.72. The Labute approximate surface area is 145 Å². The molecule has 0 aliphatic rings. The summed E-state index contributed by atoms with van der Waals surface area (Å²) in [5.74, 6) is -0.600. The van der Waals surface area contributed by atoms with Gasteiger partial charge in [-0.15, -0.1) is 5.10 Å². The highest BCUT2D eigenvalue weighted by atomic mass is 16.5. The molecule has 1 amide bonds. The minimum atomic E-state index is -0.682. The number of amides is 1. The number of aromatic nitrogens is 4. The van der Waals surface area contributed by atoms with Crippen molar-refractivity contribution in [3.8, 4) is 0 Å². The van der Waals surface area contributed by atoms with Gasteiger partial charge in [0.1, 0.15) is 0 Å². The molecule has 0 radical (unpaired) electrons.